The first kappa shape index (κ1) is 11.8. The van der Waals surface area contributed by atoms with Crippen molar-refractivity contribution < 1.29 is 4.92 Å². The summed E-state index contributed by atoms with van der Waals surface area (Å²) in [7, 11) is 1.74. The van der Waals surface area contributed by atoms with Crippen molar-refractivity contribution in [2.75, 3.05) is 12.4 Å². The number of non-ortho nitro benzene ring substituents is 1. The molecule has 0 saturated heterocycles. The molecule has 1 N–H and O–H groups in total. The van der Waals surface area contributed by atoms with E-state index in [9.17, 15) is 10.1 Å². The van der Waals surface area contributed by atoms with Crippen molar-refractivity contribution in [1.29, 1.82) is 0 Å². The Kier molecular flexibility index (Phi) is 2.97. The second-order valence-electron chi connectivity index (χ2n) is 3.67. The molecular weight excluding hydrogens is 286 g/mol. The van der Waals surface area contributed by atoms with Gasteiger partial charge in [-0.05, 0) is 34.5 Å². The molecule has 0 unspecified atom stereocenters. The number of pyridine rings is 1. The lowest BCUT2D eigenvalue weighted by molar-refractivity contribution is -0.383. The standard InChI is InChI=1S/C11H10BrN3O2/c1-6-3-7-10(9(4-6)15(16)17)8(12)5-14-11(7)13-2/h3-5H,1-2H3,(H,13,14). The van der Waals surface area contributed by atoms with E-state index in [-0.39, 0.29) is 10.6 Å². The Bertz CT molecular complexity index is 613. The van der Waals surface area contributed by atoms with E-state index >= 15 is 0 Å². The maximum Gasteiger partial charge on any atom is 0.278 e. The molecule has 0 amide bonds. The second kappa shape index (κ2) is 4.29. The Hall–Kier alpha value is -1.69. The normalized spacial score (nSPS) is 10.5. The van der Waals surface area contributed by atoms with Gasteiger partial charge < -0.3 is 5.32 Å². The highest BCUT2D eigenvalue weighted by molar-refractivity contribution is 9.10. The van der Waals surface area contributed by atoms with E-state index in [2.05, 4.69) is 26.2 Å². The molecule has 0 atom stereocenters. The second-order valence-corrected chi connectivity index (χ2v) is 4.52. The predicted octanol–water partition coefficient (Wildman–Crippen LogP) is 3.26. The number of anilines is 1. The molecule has 17 heavy (non-hydrogen) atoms. The van der Waals surface area contributed by atoms with Gasteiger partial charge in [0.2, 0.25) is 0 Å². The highest BCUT2D eigenvalue weighted by Gasteiger charge is 2.18. The Labute approximate surface area is 106 Å². The van der Waals surface area contributed by atoms with Crippen molar-refractivity contribution >= 4 is 38.2 Å². The molecule has 5 nitrogen and oxygen atoms in total. The third-order valence-corrected chi connectivity index (χ3v) is 3.10. The van der Waals surface area contributed by atoms with E-state index in [0.717, 1.165) is 10.9 Å². The number of hydrogen-bond acceptors (Lipinski definition) is 4. The largest absolute Gasteiger partial charge is 0.373 e. The zero-order chi connectivity index (χ0) is 12.6. The summed E-state index contributed by atoms with van der Waals surface area (Å²) in [5.74, 6) is 0.634. The fourth-order valence-electron chi connectivity index (χ4n) is 1.80. The minimum atomic E-state index is -0.375. The average molecular weight is 296 g/mol. The van der Waals surface area contributed by atoms with Crippen molar-refractivity contribution in [3.05, 3.63) is 38.5 Å². The molecule has 88 valence electrons. The fourth-order valence-corrected chi connectivity index (χ4v) is 2.32. The number of rotatable bonds is 2. The van der Waals surface area contributed by atoms with Crippen molar-refractivity contribution in [2.45, 2.75) is 6.92 Å². The topological polar surface area (TPSA) is 68.1 Å². The van der Waals surface area contributed by atoms with Crippen LogP contribution in [0.1, 0.15) is 5.56 Å². The molecule has 2 aromatic rings. The minimum Gasteiger partial charge on any atom is -0.373 e. The van der Waals surface area contributed by atoms with Crippen LogP contribution in [0, 0.1) is 17.0 Å². The van der Waals surface area contributed by atoms with Crippen molar-refractivity contribution in [3.8, 4) is 0 Å². The van der Waals surface area contributed by atoms with Crippen molar-refractivity contribution in [2.24, 2.45) is 0 Å². The van der Waals surface area contributed by atoms with Gasteiger partial charge in [-0.2, -0.15) is 0 Å². The molecule has 0 saturated carbocycles. The highest BCUT2D eigenvalue weighted by atomic mass is 79.9. The Morgan fingerprint density at radius 2 is 2.18 bits per heavy atom. The molecule has 0 aliphatic rings. The molecule has 1 aromatic heterocycles. The summed E-state index contributed by atoms with van der Waals surface area (Å²) >= 11 is 3.31. The van der Waals surface area contributed by atoms with Gasteiger partial charge in [0.1, 0.15) is 5.82 Å². The van der Waals surface area contributed by atoms with Crippen molar-refractivity contribution in [3.63, 3.8) is 0 Å². The molecule has 6 heteroatoms. The number of nitrogens with one attached hydrogen (secondary N) is 1. The van der Waals surface area contributed by atoms with Crippen LogP contribution in [0.25, 0.3) is 10.8 Å². The van der Waals surface area contributed by atoms with Gasteiger partial charge in [0.05, 0.1) is 14.8 Å². The molecule has 0 aliphatic heterocycles. The monoisotopic (exact) mass is 295 g/mol. The third-order valence-electron chi connectivity index (χ3n) is 2.50. The molecule has 1 aromatic carbocycles. The van der Waals surface area contributed by atoms with E-state index in [0.29, 0.717) is 15.7 Å². The number of fused-ring (bicyclic) bond motifs is 1. The number of hydrogen-bond donors (Lipinski definition) is 1. The maximum atomic E-state index is 11.1. The SMILES string of the molecule is CNc1ncc(Br)c2c([N+](=O)[O-])cc(C)cc12. The van der Waals surface area contributed by atoms with E-state index in [1.165, 1.54) is 0 Å². The molecule has 0 fully saturated rings. The average Bonchev–Trinajstić information content (AvgIpc) is 2.28. The van der Waals surface area contributed by atoms with Crippen LogP contribution >= 0.6 is 15.9 Å². The number of nitro benzene ring substituents is 1. The van der Waals surface area contributed by atoms with Gasteiger partial charge in [-0.15, -0.1) is 0 Å². The number of halogens is 1. The molecule has 0 spiro atoms. The predicted molar refractivity (Wildman–Crippen MR) is 70.4 cm³/mol. The maximum absolute atomic E-state index is 11.1. The number of nitrogens with zero attached hydrogens (tertiary/aromatic N) is 2. The van der Waals surface area contributed by atoms with Crippen molar-refractivity contribution in [1.82, 2.24) is 4.98 Å². The van der Waals surface area contributed by atoms with Crippen LogP contribution in [0.2, 0.25) is 0 Å². The summed E-state index contributed by atoms with van der Waals surface area (Å²) in [6.45, 7) is 1.83. The zero-order valence-electron chi connectivity index (χ0n) is 9.32. The van der Waals surface area contributed by atoms with Crippen LogP contribution in [0.3, 0.4) is 0 Å². The van der Waals surface area contributed by atoms with Gasteiger partial charge in [-0.3, -0.25) is 10.1 Å². The summed E-state index contributed by atoms with van der Waals surface area (Å²) in [5, 5.41) is 15.3. The van der Waals surface area contributed by atoms with E-state index in [1.54, 1.807) is 19.3 Å². The summed E-state index contributed by atoms with van der Waals surface area (Å²) in [4.78, 5) is 14.9. The highest BCUT2D eigenvalue weighted by Crippen LogP contribution is 2.35. The van der Waals surface area contributed by atoms with Crippen LogP contribution in [0.15, 0.2) is 22.8 Å². The molecule has 0 bridgehead atoms. The third kappa shape index (κ3) is 1.95. The molecule has 1 heterocycles. The van der Waals surface area contributed by atoms with Gasteiger partial charge in [0.15, 0.2) is 0 Å². The molecule has 0 radical (unpaired) electrons. The minimum absolute atomic E-state index is 0.0887. The van der Waals surface area contributed by atoms with E-state index in [4.69, 9.17) is 0 Å². The van der Waals surface area contributed by atoms with E-state index in [1.807, 2.05) is 13.0 Å². The molecular formula is C11H10BrN3O2. The zero-order valence-corrected chi connectivity index (χ0v) is 10.9. The molecule has 2 rings (SSSR count). The Morgan fingerprint density at radius 1 is 1.47 bits per heavy atom. The lowest BCUT2D eigenvalue weighted by atomic mass is 10.1. The number of benzene rings is 1. The van der Waals surface area contributed by atoms with Crippen LogP contribution in [-0.4, -0.2) is 17.0 Å². The van der Waals surface area contributed by atoms with Gasteiger partial charge in [-0.25, -0.2) is 4.98 Å². The van der Waals surface area contributed by atoms with Gasteiger partial charge in [0, 0.05) is 24.7 Å². The first-order valence-electron chi connectivity index (χ1n) is 4.95. The summed E-state index contributed by atoms with van der Waals surface area (Å²) in [5.41, 5.74) is 0.923. The summed E-state index contributed by atoms with van der Waals surface area (Å²) in [6.07, 6.45) is 1.57. The van der Waals surface area contributed by atoms with Gasteiger partial charge in [-0.1, -0.05) is 0 Å². The summed E-state index contributed by atoms with van der Waals surface area (Å²) < 4.78 is 0.623. The Morgan fingerprint density at radius 3 is 2.76 bits per heavy atom. The number of aryl methyl sites for hydroxylation is 1. The van der Waals surface area contributed by atoms with Crippen LogP contribution < -0.4 is 5.32 Å². The summed E-state index contributed by atoms with van der Waals surface area (Å²) in [6, 6.07) is 3.44. The van der Waals surface area contributed by atoms with Crippen LogP contribution in [0.5, 0.6) is 0 Å². The van der Waals surface area contributed by atoms with Crippen LogP contribution in [0.4, 0.5) is 11.5 Å². The fraction of sp³-hybridized carbons (Fsp3) is 0.182. The Balaban J connectivity index is 2.97. The first-order valence-corrected chi connectivity index (χ1v) is 5.75. The van der Waals surface area contributed by atoms with Gasteiger partial charge >= 0.3 is 0 Å². The van der Waals surface area contributed by atoms with Crippen LogP contribution in [-0.2, 0) is 0 Å². The number of nitro groups is 1. The van der Waals surface area contributed by atoms with Gasteiger partial charge in [0.25, 0.3) is 5.69 Å². The smallest absolute Gasteiger partial charge is 0.278 e. The first-order chi connectivity index (χ1) is 8.04. The van der Waals surface area contributed by atoms with E-state index < -0.39 is 0 Å². The lowest BCUT2D eigenvalue weighted by Gasteiger charge is -2.08. The number of aromatic nitrogens is 1. The quantitative estimate of drug-likeness (QED) is 0.682. The lowest BCUT2D eigenvalue weighted by Crippen LogP contribution is -1.97. The molecule has 0 aliphatic carbocycles.